The summed E-state index contributed by atoms with van der Waals surface area (Å²) < 4.78 is 1.99. The van der Waals surface area contributed by atoms with Crippen LogP contribution >= 0.6 is 0 Å². The van der Waals surface area contributed by atoms with Gasteiger partial charge in [-0.05, 0) is 19.1 Å². The van der Waals surface area contributed by atoms with E-state index in [2.05, 4.69) is 6.58 Å². The predicted octanol–water partition coefficient (Wildman–Crippen LogP) is 3.03. The third-order valence-corrected chi connectivity index (χ3v) is 2.39. The van der Waals surface area contributed by atoms with Crippen molar-refractivity contribution >= 4 is 17.2 Å². The molecule has 1 aromatic carbocycles. The van der Waals surface area contributed by atoms with E-state index in [4.69, 9.17) is 0 Å². The molecule has 0 unspecified atom stereocenters. The number of carbonyl (C=O) groups is 1. The van der Waals surface area contributed by atoms with Crippen LogP contribution in [0.4, 0.5) is 0 Å². The highest BCUT2D eigenvalue weighted by Crippen LogP contribution is 2.19. The molecule has 2 heteroatoms. The third-order valence-electron chi connectivity index (χ3n) is 2.39. The van der Waals surface area contributed by atoms with Gasteiger partial charge in [0.25, 0.3) is 0 Å². The minimum absolute atomic E-state index is 0.696. The van der Waals surface area contributed by atoms with Gasteiger partial charge in [0, 0.05) is 17.4 Å². The second-order valence-corrected chi connectivity index (χ2v) is 3.79. The number of hydrogen-bond donors (Lipinski definition) is 0. The van der Waals surface area contributed by atoms with Gasteiger partial charge in [-0.1, -0.05) is 30.4 Å². The van der Waals surface area contributed by atoms with Gasteiger partial charge >= 0.3 is 0 Å². The first kappa shape index (κ1) is 9.71. The lowest BCUT2D eigenvalue weighted by Crippen LogP contribution is -2.02. The maximum atomic E-state index is 10.9. The van der Waals surface area contributed by atoms with Crippen molar-refractivity contribution < 1.29 is 4.79 Å². The van der Waals surface area contributed by atoms with Crippen molar-refractivity contribution in [1.29, 1.82) is 0 Å². The number of aldehydes is 1. The van der Waals surface area contributed by atoms with Crippen molar-refractivity contribution in [2.45, 2.75) is 13.5 Å². The number of benzene rings is 1. The van der Waals surface area contributed by atoms with E-state index in [1.54, 1.807) is 0 Å². The number of para-hydroxylation sites is 1. The standard InChI is InChI=1S/C13H13NO/c1-10(2)8-14-12(9-15)7-11-5-3-4-6-13(11)14/h3-7,9H,1,8H2,2H3. The molecule has 0 aliphatic heterocycles. The fourth-order valence-corrected chi connectivity index (χ4v) is 1.78. The van der Waals surface area contributed by atoms with E-state index in [0.717, 1.165) is 22.8 Å². The van der Waals surface area contributed by atoms with Crippen LogP contribution in [0, 0.1) is 0 Å². The van der Waals surface area contributed by atoms with Crippen molar-refractivity contribution in [2.75, 3.05) is 0 Å². The van der Waals surface area contributed by atoms with Crippen molar-refractivity contribution in [1.82, 2.24) is 4.57 Å². The van der Waals surface area contributed by atoms with Crippen molar-refractivity contribution in [3.8, 4) is 0 Å². The van der Waals surface area contributed by atoms with E-state index in [1.807, 2.05) is 41.8 Å². The Bertz CT molecular complexity index is 522. The molecule has 0 saturated carbocycles. The summed E-state index contributed by atoms with van der Waals surface area (Å²) in [5.41, 5.74) is 2.83. The molecule has 0 fully saturated rings. The second-order valence-electron chi connectivity index (χ2n) is 3.79. The van der Waals surface area contributed by atoms with E-state index < -0.39 is 0 Å². The molecule has 0 aliphatic carbocycles. The molecule has 1 aromatic heterocycles. The van der Waals surface area contributed by atoms with Gasteiger partial charge in [-0.25, -0.2) is 0 Å². The molecular weight excluding hydrogens is 186 g/mol. The Balaban J connectivity index is 2.66. The minimum atomic E-state index is 0.696. The molecule has 2 aromatic rings. The smallest absolute Gasteiger partial charge is 0.166 e. The van der Waals surface area contributed by atoms with Crippen LogP contribution in [0.3, 0.4) is 0 Å². The van der Waals surface area contributed by atoms with E-state index in [1.165, 1.54) is 0 Å². The van der Waals surface area contributed by atoms with Crippen LogP contribution in [0.5, 0.6) is 0 Å². The first-order valence-corrected chi connectivity index (χ1v) is 4.90. The van der Waals surface area contributed by atoms with Crippen LogP contribution in [-0.4, -0.2) is 10.9 Å². The molecule has 2 rings (SSSR count). The Kier molecular flexibility index (Phi) is 2.42. The van der Waals surface area contributed by atoms with Crippen LogP contribution in [0.1, 0.15) is 17.4 Å². The monoisotopic (exact) mass is 199 g/mol. The number of allylic oxidation sites excluding steroid dienone is 1. The Hall–Kier alpha value is -1.83. The van der Waals surface area contributed by atoms with Gasteiger partial charge < -0.3 is 4.57 Å². The molecule has 0 bridgehead atoms. The Morgan fingerprint density at radius 1 is 1.47 bits per heavy atom. The van der Waals surface area contributed by atoms with Crippen LogP contribution in [0.2, 0.25) is 0 Å². The first-order chi connectivity index (χ1) is 7.22. The third kappa shape index (κ3) is 1.71. The number of hydrogen-bond acceptors (Lipinski definition) is 1. The Labute approximate surface area is 88.8 Å². The van der Waals surface area contributed by atoms with Gasteiger partial charge in [-0.15, -0.1) is 0 Å². The predicted molar refractivity (Wildman–Crippen MR) is 62.1 cm³/mol. The quantitative estimate of drug-likeness (QED) is 0.550. The zero-order valence-corrected chi connectivity index (χ0v) is 8.73. The summed E-state index contributed by atoms with van der Waals surface area (Å²) in [6, 6.07) is 9.89. The summed E-state index contributed by atoms with van der Waals surface area (Å²) in [6.45, 7) is 6.53. The summed E-state index contributed by atoms with van der Waals surface area (Å²) in [5.74, 6) is 0. The lowest BCUT2D eigenvalue weighted by Gasteiger charge is -2.06. The van der Waals surface area contributed by atoms with Crippen LogP contribution in [0.15, 0.2) is 42.5 Å². The summed E-state index contributed by atoms with van der Waals surface area (Å²) >= 11 is 0. The van der Waals surface area contributed by atoms with Gasteiger partial charge in [0.05, 0.1) is 5.69 Å². The summed E-state index contributed by atoms with van der Waals surface area (Å²) in [4.78, 5) is 10.9. The normalized spacial score (nSPS) is 10.5. The van der Waals surface area contributed by atoms with Crippen molar-refractivity contribution in [2.24, 2.45) is 0 Å². The van der Waals surface area contributed by atoms with Gasteiger partial charge in [-0.2, -0.15) is 0 Å². The molecule has 0 aliphatic rings. The number of carbonyl (C=O) groups excluding carboxylic acids is 1. The molecule has 1 heterocycles. The number of rotatable bonds is 3. The average molecular weight is 199 g/mol. The highest BCUT2D eigenvalue weighted by molar-refractivity contribution is 5.88. The van der Waals surface area contributed by atoms with Gasteiger partial charge in [0.2, 0.25) is 0 Å². The zero-order valence-electron chi connectivity index (χ0n) is 8.73. The highest BCUT2D eigenvalue weighted by atomic mass is 16.1. The minimum Gasteiger partial charge on any atom is -0.334 e. The van der Waals surface area contributed by atoms with E-state index in [-0.39, 0.29) is 0 Å². The van der Waals surface area contributed by atoms with E-state index >= 15 is 0 Å². The number of aromatic nitrogens is 1. The number of nitrogens with zero attached hydrogens (tertiary/aromatic N) is 1. The summed E-state index contributed by atoms with van der Waals surface area (Å²) in [5, 5.41) is 1.10. The van der Waals surface area contributed by atoms with Crippen molar-refractivity contribution in [3.05, 3.63) is 48.2 Å². The fraction of sp³-hybridized carbons (Fsp3) is 0.154. The molecule has 0 atom stereocenters. The van der Waals surface area contributed by atoms with Gasteiger partial charge in [-0.3, -0.25) is 4.79 Å². The lowest BCUT2D eigenvalue weighted by molar-refractivity contribution is 0.111. The lowest BCUT2D eigenvalue weighted by atomic mass is 10.2. The molecule has 76 valence electrons. The van der Waals surface area contributed by atoms with Crippen molar-refractivity contribution in [3.63, 3.8) is 0 Å². The maximum Gasteiger partial charge on any atom is 0.166 e. The topological polar surface area (TPSA) is 22.0 Å². The highest BCUT2D eigenvalue weighted by Gasteiger charge is 2.06. The molecule has 0 radical (unpaired) electrons. The number of fused-ring (bicyclic) bond motifs is 1. The Morgan fingerprint density at radius 2 is 2.20 bits per heavy atom. The molecule has 15 heavy (non-hydrogen) atoms. The fourth-order valence-electron chi connectivity index (χ4n) is 1.78. The molecular formula is C13H13NO. The van der Waals surface area contributed by atoms with Gasteiger partial charge in [0.15, 0.2) is 6.29 Å². The average Bonchev–Trinajstić information content (AvgIpc) is 2.56. The second kappa shape index (κ2) is 3.73. The van der Waals surface area contributed by atoms with E-state index in [0.29, 0.717) is 12.2 Å². The largest absolute Gasteiger partial charge is 0.334 e. The zero-order chi connectivity index (χ0) is 10.8. The van der Waals surface area contributed by atoms with Crippen LogP contribution < -0.4 is 0 Å². The van der Waals surface area contributed by atoms with Crippen LogP contribution in [0.25, 0.3) is 10.9 Å². The molecule has 0 N–H and O–H groups in total. The first-order valence-electron chi connectivity index (χ1n) is 4.90. The van der Waals surface area contributed by atoms with E-state index in [9.17, 15) is 4.79 Å². The summed E-state index contributed by atoms with van der Waals surface area (Å²) in [6.07, 6.45) is 0.892. The summed E-state index contributed by atoms with van der Waals surface area (Å²) in [7, 11) is 0. The molecule has 2 nitrogen and oxygen atoms in total. The Morgan fingerprint density at radius 3 is 2.87 bits per heavy atom. The molecule has 0 spiro atoms. The van der Waals surface area contributed by atoms with Gasteiger partial charge in [0.1, 0.15) is 0 Å². The maximum absolute atomic E-state index is 10.9. The van der Waals surface area contributed by atoms with Crippen LogP contribution in [-0.2, 0) is 6.54 Å². The molecule has 0 amide bonds. The SMILES string of the molecule is C=C(C)Cn1c(C=O)cc2ccccc21. The molecule has 0 saturated heterocycles.